The number of pyridine rings is 1. The van der Waals surface area contributed by atoms with Crippen LogP contribution in [0.25, 0.3) is 0 Å². The Morgan fingerprint density at radius 2 is 1.94 bits per heavy atom. The van der Waals surface area contributed by atoms with Crippen molar-refractivity contribution >= 4 is 5.91 Å². The van der Waals surface area contributed by atoms with Gasteiger partial charge in [-0.05, 0) is 73.3 Å². The van der Waals surface area contributed by atoms with E-state index in [1.807, 2.05) is 18.2 Å². The van der Waals surface area contributed by atoms with E-state index >= 15 is 0 Å². The summed E-state index contributed by atoms with van der Waals surface area (Å²) in [5.41, 5.74) is 1.68. The number of rotatable bonds is 6. The number of aromatic nitrogens is 1. The molecule has 0 radical (unpaired) electrons. The van der Waals surface area contributed by atoms with Gasteiger partial charge in [-0.2, -0.15) is 0 Å². The van der Waals surface area contributed by atoms with Crippen LogP contribution in [-0.2, 0) is 6.54 Å². The maximum absolute atomic E-state index is 13.6. The molecular formula is C25H24F3N3O. The van der Waals surface area contributed by atoms with Crippen LogP contribution in [0.2, 0.25) is 0 Å². The van der Waals surface area contributed by atoms with Gasteiger partial charge < -0.3 is 5.32 Å². The number of nitrogens with zero attached hydrogens (tertiary/aromatic N) is 2. The molecule has 0 bridgehead atoms. The van der Waals surface area contributed by atoms with Gasteiger partial charge in [0.05, 0.1) is 11.7 Å². The van der Waals surface area contributed by atoms with Crippen LogP contribution in [-0.4, -0.2) is 28.9 Å². The second-order valence-electron chi connectivity index (χ2n) is 8.10. The Morgan fingerprint density at radius 1 is 1.06 bits per heavy atom. The molecule has 1 aliphatic heterocycles. The monoisotopic (exact) mass is 439 g/mol. The fraction of sp³-hybridized carbons (Fsp3) is 0.280. The van der Waals surface area contributed by atoms with Crippen LogP contribution < -0.4 is 5.32 Å². The second kappa shape index (κ2) is 9.96. The Bertz CT molecular complexity index is 1080. The van der Waals surface area contributed by atoms with Crippen LogP contribution in [0, 0.1) is 23.4 Å². The molecule has 2 heterocycles. The van der Waals surface area contributed by atoms with Gasteiger partial charge in [0.2, 0.25) is 0 Å². The van der Waals surface area contributed by atoms with Crippen LogP contribution in [0.15, 0.2) is 66.9 Å². The van der Waals surface area contributed by atoms with Gasteiger partial charge in [-0.3, -0.25) is 14.7 Å². The summed E-state index contributed by atoms with van der Waals surface area (Å²) in [5, 5.41) is 3.04. The number of halogens is 3. The summed E-state index contributed by atoms with van der Waals surface area (Å²) in [6, 6.07) is 14.7. The first-order valence-electron chi connectivity index (χ1n) is 10.6. The van der Waals surface area contributed by atoms with Gasteiger partial charge in [-0.15, -0.1) is 0 Å². The third-order valence-electron chi connectivity index (χ3n) is 5.78. The van der Waals surface area contributed by atoms with Gasteiger partial charge in [0.15, 0.2) is 11.6 Å². The number of carbonyl (C=O) groups excluding carboxylic acids is 1. The predicted octanol–water partition coefficient (Wildman–Crippen LogP) is 4.88. The third-order valence-corrected chi connectivity index (χ3v) is 5.78. The first kappa shape index (κ1) is 22.0. The van der Waals surface area contributed by atoms with Crippen LogP contribution in [0.1, 0.15) is 40.5 Å². The molecule has 1 saturated heterocycles. The number of nitrogens with one attached hydrogen (secondary N) is 1. The Balaban J connectivity index is 1.52. The van der Waals surface area contributed by atoms with Gasteiger partial charge in [0, 0.05) is 24.8 Å². The van der Waals surface area contributed by atoms with Crippen molar-refractivity contribution < 1.29 is 18.0 Å². The van der Waals surface area contributed by atoms with Crippen LogP contribution in [0.3, 0.4) is 0 Å². The number of likely N-dealkylation sites (tertiary alicyclic amines) is 1. The van der Waals surface area contributed by atoms with E-state index in [0.29, 0.717) is 18.7 Å². The molecule has 0 spiro atoms. The smallest absolute Gasteiger partial charge is 0.251 e. The molecule has 166 valence electrons. The lowest BCUT2D eigenvalue weighted by molar-refractivity contribution is 0.0874. The molecule has 1 amide bonds. The fourth-order valence-corrected chi connectivity index (χ4v) is 4.25. The molecule has 1 aromatic heterocycles. The van der Waals surface area contributed by atoms with E-state index < -0.39 is 17.5 Å². The molecule has 0 unspecified atom stereocenters. The van der Waals surface area contributed by atoms with E-state index in [0.717, 1.165) is 31.1 Å². The molecule has 1 fully saturated rings. The van der Waals surface area contributed by atoms with Crippen molar-refractivity contribution in [2.75, 3.05) is 13.1 Å². The van der Waals surface area contributed by atoms with Crippen molar-refractivity contribution in [3.8, 4) is 0 Å². The zero-order chi connectivity index (χ0) is 22.5. The zero-order valence-electron chi connectivity index (χ0n) is 17.5. The van der Waals surface area contributed by atoms with Crippen LogP contribution in [0.5, 0.6) is 0 Å². The van der Waals surface area contributed by atoms with Gasteiger partial charge >= 0.3 is 0 Å². The number of carbonyl (C=O) groups is 1. The van der Waals surface area contributed by atoms with Crippen LogP contribution >= 0.6 is 0 Å². The minimum atomic E-state index is -0.861. The Hall–Kier alpha value is -3.19. The van der Waals surface area contributed by atoms with Crippen molar-refractivity contribution in [2.24, 2.45) is 5.92 Å². The molecule has 2 aromatic carbocycles. The number of piperidine rings is 1. The number of hydrogen-bond donors (Lipinski definition) is 1. The largest absolute Gasteiger partial charge is 0.343 e. The first-order valence-corrected chi connectivity index (χ1v) is 10.6. The summed E-state index contributed by atoms with van der Waals surface area (Å²) in [4.78, 5) is 19.5. The highest BCUT2D eigenvalue weighted by Gasteiger charge is 2.31. The van der Waals surface area contributed by atoms with E-state index in [4.69, 9.17) is 0 Å². The van der Waals surface area contributed by atoms with E-state index in [2.05, 4.69) is 15.2 Å². The minimum Gasteiger partial charge on any atom is -0.343 e. The molecule has 4 rings (SSSR count). The molecule has 1 aliphatic rings. The Labute approximate surface area is 185 Å². The summed E-state index contributed by atoms with van der Waals surface area (Å²) in [6.07, 6.45) is 3.45. The highest BCUT2D eigenvalue weighted by atomic mass is 19.2. The highest BCUT2D eigenvalue weighted by Crippen LogP contribution is 2.30. The molecule has 0 aliphatic carbocycles. The quantitative estimate of drug-likeness (QED) is 0.595. The van der Waals surface area contributed by atoms with Crippen molar-refractivity contribution in [3.05, 3.63) is 101 Å². The maximum Gasteiger partial charge on any atom is 0.251 e. The lowest BCUT2D eigenvalue weighted by Crippen LogP contribution is -2.43. The van der Waals surface area contributed by atoms with Crippen molar-refractivity contribution in [1.82, 2.24) is 15.2 Å². The number of benzene rings is 2. The fourth-order valence-electron chi connectivity index (χ4n) is 4.25. The average Bonchev–Trinajstić information content (AvgIpc) is 2.80. The summed E-state index contributed by atoms with van der Waals surface area (Å²) >= 11 is 0. The van der Waals surface area contributed by atoms with E-state index in [9.17, 15) is 18.0 Å². The van der Waals surface area contributed by atoms with Gasteiger partial charge in [0.1, 0.15) is 5.82 Å². The van der Waals surface area contributed by atoms with Gasteiger partial charge in [-0.1, -0.05) is 18.2 Å². The van der Waals surface area contributed by atoms with E-state index in [1.165, 1.54) is 24.3 Å². The molecule has 1 N–H and O–H groups in total. The molecule has 7 heteroatoms. The third kappa shape index (κ3) is 5.34. The highest BCUT2D eigenvalue weighted by molar-refractivity contribution is 5.94. The number of hydrogen-bond acceptors (Lipinski definition) is 3. The molecule has 4 nitrogen and oxygen atoms in total. The summed E-state index contributed by atoms with van der Waals surface area (Å²) in [6.45, 7) is 1.96. The molecule has 32 heavy (non-hydrogen) atoms. The summed E-state index contributed by atoms with van der Waals surface area (Å²) in [5.74, 6) is -2.49. The predicted molar refractivity (Wildman–Crippen MR) is 115 cm³/mol. The second-order valence-corrected chi connectivity index (χ2v) is 8.10. The Kier molecular flexibility index (Phi) is 6.85. The first-order chi connectivity index (χ1) is 15.5. The topological polar surface area (TPSA) is 45.2 Å². The molecular weight excluding hydrogens is 415 g/mol. The van der Waals surface area contributed by atoms with E-state index in [-0.39, 0.29) is 23.4 Å². The standard InChI is InChI=1S/C25H24F3N3O/c26-20-7-3-5-18(14-20)25(32)30-24(23-8-1-2-11-29-23)19-6-4-12-31(16-19)15-17-9-10-21(27)22(28)13-17/h1-3,5,7-11,13-14,19,24H,4,6,12,15-16H2,(H,30,32)/t19-,24-/m1/s1. The van der Waals surface area contributed by atoms with Crippen LogP contribution in [0.4, 0.5) is 13.2 Å². The minimum absolute atomic E-state index is 0.0569. The summed E-state index contributed by atoms with van der Waals surface area (Å²) < 4.78 is 40.5. The van der Waals surface area contributed by atoms with Crippen molar-refractivity contribution in [1.29, 1.82) is 0 Å². The maximum atomic E-state index is 13.6. The lowest BCUT2D eigenvalue weighted by atomic mass is 9.88. The van der Waals surface area contributed by atoms with E-state index in [1.54, 1.807) is 18.3 Å². The summed E-state index contributed by atoms with van der Waals surface area (Å²) in [7, 11) is 0. The number of amides is 1. The Morgan fingerprint density at radius 3 is 2.69 bits per heavy atom. The molecule has 0 saturated carbocycles. The van der Waals surface area contributed by atoms with Gasteiger partial charge in [0.25, 0.3) is 5.91 Å². The van der Waals surface area contributed by atoms with Gasteiger partial charge in [-0.25, -0.2) is 13.2 Å². The zero-order valence-corrected chi connectivity index (χ0v) is 17.5. The molecule has 3 aromatic rings. The SMILES string of the molecule is O=C(N[C@@H](c1ccccn1)[C@@H]1CCCN(Cc2ccc(F)c(F)c2)C1)c1cccc(F)c1. The van der Waals surface area contributed by atoms with Crippen molar-refractivity contribution in [2.45, 2.75) is 25.4 Å². The lowest BCUT2D eigenvalue weighted by Gasteiger charge is -2.37. The average molecular weight is 439 g/mol. The normalized spacial score (nSPS) is 17.7. The van der Waals surface area contributed by atoms with Crippen molar-refractivity contribution in [3.63, 3.8) is 0 Å². The molecule has 2 atom stereocenters.